The highest BCUT2D eigenvalue weighted by Gasteiger charge is 2.26. The lowest BCUT2D eigenvalue weighted by molar-refractivity contribution is -0.385. The summed E-state index contributed by atoms with van der Waals surface area (Å²) in [7, 11) is 0. The van der Waals surface area contributed by atoms with E-state index in [2.05, 4.69) is 13.2 Å². The van der Waals surface area contributed by atoms with Crippen molar-refractivity contribution in [2.75, 3.05) is 0 Å². The third-order valence-corrected chi connectivity index (χ3v) is 3.99. The van der Waals surface area contributed by atoms with E-state index >= 15 is 0 Å². The van der Waals surface area contributed by atoms with E-state index in [-0.39, 0.29) is 18.1 Å². The Morgan fingerprint density at radius 3 is 2.32 bits per heavy atom. The summed E-state index contributed by atoms with van der Waals surface area (Å²) in [5.74, 6) is 0. The summed E-state index contributed by atoms with van der Waals surface area (Å²) < 4.78 is 0. The van der Waals surface area contributed by atoms with Crippen molar-refractivity contribution in [2.24, 2.45) is 0 Å². The van der Waals surface area contributed by atoms with Crippen molar-refractivity contribution in [3.8, 4) is 0 Å². The van der Waals surface area contributed by atoms with E-state index in [0.29, 0.717) is 18.3 Å². The monoisotopic (exact) mass is 336 g/mol. The number of rotatable bonds is 8. The minimum atomic E-state index is -0.452. The SMILES string of the molecule is C=CCB(c1cccc([N+](=O)[O-])c1)c1cccc([N+](=O)[O-])c1CC=C. The van der Waals surface area contributed by atoms with Gasteiger partial charge in [0.05, 0.1) is 9.85 Å². The first-order chi connectivity index (χ1) is 12.0. The van der Waals surface area contributed by atoms with Crippen molar-refractivity contribution in [2.45, 2.75) is 12.7 Å². The van der Waals surface area contributed by atoms with Gasteiger partial charge in [0.15, 0.2) is 0 Å². The molecule has 2 aromatic carbocycles. The maximum atomic E-state index is 11.4. The molecule has 126 valence electrons. The fourth-order valence-electron chi connectivity index (χ4n) is 2.92. The fourth-order valence-corrected chi connectivity index (χ4v) is 2.92. The maximum absolute atomic E-state index is 11.4. The zero-order valence-corrected chi connectivity index (χ0v) is 13.6. The van der Waals surface area contributed by atoms with Crippen molar-refractivity contribution in [1.29, 1.82) is 0 Å². The molecule has 0 saturated heterocycles. The molecule has 7 heteroatoms. The van der Waals surface area contributed by atoms with Crippen molar-refractivity contribution < 1.29 is 9.85 Å². The Kier molecular flexibility index (Phi) is 5.84. The Balaban J connectivity index is 2.65. The van der Waals surface area contributed by atoms with Crippen molar-refractivity contribution in [3.63, 3.8) is 0 Å². The topological polar surface area (TPSA) is 86.3 Å². The van der Waals surface area contributed by atoms with Gasteiger partial charge in [-0.05, 0) is 12.7 Å². The molecule has 0 radical (unpaired) electrons. The largest absolute Gasteiger partial charge is 0.272 e. The second kappa shape index (κ2) is 8.05. The molecule has 0 bridgehead atoms. The molecule has 2 rings (SSSR count). The van der Waals surface area contributed by atoms with Crippen LogP contribution in [0.4, 0.5) is 11.4 Å². The number of hydrogen-bond acceptors (Lipinski definition) is 4. The van der Waals surface area contributed by atoms with Crippen LogP contribution >= 0.6 is 0 Å². The van der Waals surface area contributed by atoms with Crippen LogP contribution in [0, 0.1) is 20.2 Å². The highest BCUT2D eigenvalue weighted by Crippen LogP contribution is 2.19. The van der Waals surface area contributed by atoms with Gasteiger partial charge < -0.3 is 0 Å². The molecule has 0 aliphatic rings. The standard InChI is InChI=1S/C18H17BN2O4/c1-3-7-16-17(10-6-11-18(16)21(24)25)19(12-4-2)14-8-5-9-15(13-14)20(22)23/h3-6,8-11,13H,1-2,7,12H2. The van der Waals surface area contributed by atoms with Crippen LogP contribution in [0.3, 0.4) is 0 Å². The summed E-state index contributed by atoms with van der Waals surface area (Å²) in [5, 5.41) is 22.4. The fraction of sp³-hybridized carbons (Fsp3) is 0.111. The first-order valence-corrected chi connectivity index (χ1v) is 7.72. The van der Waals surface area contributed by atoms with Gasteiger partial charge in [0.1, 0.15) is 0 Å². The Labute approximate surface area is 145 Å². The van der Waals surface area contributed by atoms with Crippen LogP contribution in [0.1, 0.15) is 5.56 Å². The Morgan fingerprint density at radius 2 is 1.72 bits per heavy atom. The molecular weight excluding hydrogens is 319 g/mol. The predicted octanol–water partition coefficient (Wildman–Crippen LogP) is 3.03. The summed E-state index contributed by atoms with van der Waals surface area (Å²) in [6.45, 7) is 7.18. The number of nitro groups is 2. The minimum absolute atomic E-state index is 0.0118. The molecule has 0 aliphatic carbocycles. The summed E-state index contributed by atoms with van der Waals surface area (Å²) in [4.78, 5) is 21.6. The zero-order valence-electron chi connectivity index (χ0n) is 13.6. The minimum Gasteiger partial charge on any atom is -0.258 e. The van der Waals surface area contributed by atoms with Gasteiger partial charge in [-0.3, -0.25) is 20.2 Å². The van der Waals surface area contributed by atoms with Crippen molar-refractivity contribution in [3.05, 3.63) is 93.6 Å². The van der Waals surface area contributed by atoms with E-state index < -0.39 is 9.85 Å². The molecule has 0 fully saturated rings. The second-order valence-corrected chi connectivity index (χ2v) is 5.52. The molecule has 0 N–H and O–H groups in total. The number of hydrogen-bond donors (Lipinski definition) is 0. The van der Waals surface area contributed by atoms with Crippen LogP contribution in [0.5, 0.6) is 0 Å². The average molecular weight is 336 g/mol. The summed E-state index contributed by atoms with van der Waals surface area (Å²) in [6.07, 6.45) is 4.17. The lowest BCUT2D eigenvalue weighted by Crippen LogP contribution is -2.43. The van der Waals surface area contributed by atoms with Gasteiger partial charge in [-0.15, -0.1) is 13.2 Å². The molecule has 0 atom stereocenters. The van der Waals surface area contributed by atoms with Gasteiger partial charge in [-0.2, -0.15) is 0 Å². The quantitative estimate of drug-likeness (QED) is 0.321. The van der Waals surface area contributed by atoms with Crippen LogP contribution in [0.25, 0.3) is 0 Å². The summed E-state index contributed by atoms with van der Waals surface area (Å²) in [6, 6.07) is 11.2. The predicted molar refractivity (Wildman–Crippen MR) is 100 cm³/mol. The summed E-state index contributed by atoms with van der Waals surface area (Å²) in [5.41, 5.74) is 2.06. The lowest BCUT2D eigenvalue weighted by atomic mass is 9.38. The van der Waals surface area contributed by atoms with E-state index in [1.807, 2.05) is 6.07 Å². The number of nitro benzene ring substituents is 2. The van der Waals surface area contributed by atoms with Gasteiger partial charge >= 0.3 is 0 Å². The summed E-state index contributed by atoms with van der Waals surface area (Å²) >= 11 is 0. The van der Waals surface area contributed by atoms with Crippen LogP contribution < -0.4 is 10.9 Å². The normalized spacial score (nSPS) is 10.1. The molecule has 0 aromatic heterocycles. The van der Waals surface area contributed by atoms with Gasteiger partial charge in [0.25, 0.3) is 11.4 Å². The van der Waals surface area contributed by atoms with Gasteiger partial charge in [0, 0.05) is 23.8 Å². The molecule has 6 nitrogen and oxygen atoms in total. The smallest absolute Gasteiger partial charge is 0.258 e. The highest BCUT2D eigenvalue weighted by molar-refractivity contribution is 6.86. The first-order valence-electron chi connectivity index (χ1n) is 7.72. The van der Waals surface area contributed by atoms with Crippen LogP contribution in [-0.2, 0) is 6.42 Å². The lowest BCUT2D eigenvalue weighted by Gasteiger charge is -2.16. The molecule has 0 unspecified atom stereocenters. The van der Waals surface area contributed by atoms with Crippen molar-refractivity contribution in [1.82, 2.24) is 0 Å². The molecular formula is C18H17BN2O4. The van der Waals surface area contributed by atoms with E-state index in [1.165, 1.54) is 18.2 Å². The van der Waals surface area contributed by atoms with E-state index in [9.17, 15) is 20.2 Å². The molecule has 0 saturated carbocycles. The third kappa shape index (κ3) is 4.01. The van der Waals surface area contributed by atoms with Gasteiger partial charge in [-0.1, -0.05) is 47.3 Å². The Morgan fingerprint density at radius 1 is 1.00 bits per heavy atom. The third-order valence-electron chi connectivity index (χ3n) is 3.99. The van der Waals surface area contributed by atoms with E-state index in [1.54, 1.807) is 30.4 Å². The number of nitrogens with zero attached hydrogens (tertiary/aromatic N) is 2. The second-order valence-electron chi connectivity index (χ2n) is 5.52. The van der Waals surface area contributed by atoms with Crippen LogP contribution in [-0.4, -0.2) is 16.6 Å². The molecule has 25 heavy (non-hydrogen) atoms. The number of non-ortho nitro benzene ring substituents is 1. The number of benzene rings is 2. The van der Waals surface area contributed by atoms with E-state index in [4.69, 9.17) is 0 Å². The molecule has 0 aliphatic heterocycles. The first kappa shape index (κ1) is 18.1. The number of allylic oxidation sites excluding steroid dienone is 2. The Bertz CT molecular complexity index is 836. The Hall–Kier alpha value is -3.22. The highest BCUT2D eigenvalue weighted by atomic mass is 16.6. The molecule has 0 heterocycles. The van der Waals surface area contributed by atoms with Crippen LogP contribution in [0.2, 0.25) is 6.32 Å². The average Bonchev–Trinajstić information content (AvgIpc) is 2.60. The van der Waals surface area contributed by atoms with E-state index in [0.717, 1.165) is 10.9 Å². The van der Waals surface area contributed by atoms with Crippen molar-refractivity contribution >= 4 is 29.0 Å². The van der Waals surface area contributed by atoms with Gasteiger partial charge in [0.2, 0.25) is 6.71 Å². The van der Waals surface area contributed by atoms with Crippen LogP contribution in [0.15, 0.2) is 67.8 Å². The molecule has 0 amide bonds. The van der Waals surface area contributed by atoms with Gasteiger partial charge in [-0.25, -0.2) is 0 Å². The molecule has 2 aromatic rings. The maximum Gasteiger partial charge on any atom is 0.272 e. The molecule has 0 spiro atoms. The zero-order chi connectivity index (χ0) is 18.4.